The van der Waals surface area contributed by atoms with E-state index in [4.69, 9.17) is 14.4 Å². The molecular formula is C12H17N3O5. The number of carbonyl (C=O) groups excluding carboxylic acids is 1. The Balaban J connectivity index is 1.95. The Bertz CT molecular complexity index is 501. The number of aliphatic carboxylic acids is 1. The van der Waals surface area contributed by atoms with Gasteiger partial charge in [-0.05, 0) is 6.92 Å². The largest absolute Gasteiger partial charge is 0.480 e. The number of hydrogen-bond donors (Lipinski definition) is 2. The van der Waals surface area contributed by atoms with Crippen molar-refractivity contribution in [1.29, 1.82) is 0 Å². The van der Waals surface area contributed by atoms with Gasteiger partial charge in [0.25, 0.3) is 0 Å². The van der Waals surface area contributed by atoms with E-state index in [1.165, 1.54) is 12.0 Å². The topological polar surface area (TPSA) is 105 Å². The summed E-state index contributed by atoms with van der Waals surface area (Å²) in [5.74, 6) is -0.513. The molecule has 110 valence electrons. The predicted octanol–water partition coefficient (Wildman–Crippen LogP) is 0.367. The molecule has 0 radical (unpaired) electrons. The maximum atomic E-state index is 12.0. The minimum Gasteiger partial charge on any atom is -0.480 e. The van der Waals surface area contributed by atoms with Gasteiger partial charge < -0.3 is 24.6 Å². The van der Waals surface area contributed by atoms with Crippen molar-refractivity contribution in [3.63, 3.8) is 0 Å². The summed E-state index contributed by atoms with van der Waals surface area (Å²) in [7, 11) is 1.50. The van der Waals surface area contributed by atoms with Gasteiger partial charge in [-0.25, -0.2) is 9.59 Å². The SMILES string of the molecule is COC1CC(C(=O)O)N(C(=O)NCc2cc(C)no2)C1. The van der Waals surface area contributed by atoms with Gasteiger partial charge in [-0.1, -0.05) is 5.16 Å². The zero-order chi connectivity index (χ0) is 14.7. The predicted molar refractivity (Wildman–Crippen MR) is 67.0 cm³/mol. The van der Waals surface area contributed by atoms with E-state index in [9.17, 15) is 9.59 Å². The number of likely N-dealkylation sites (tertiary alicyclic amines) is 1. The first-order chi connectivity index (χ1) is 9.51. The Morgan fingerprint density at radius 3 is 2.95 bits per heavy atom. The van der Waals surface area contributed by atoms with E-state index in [0.29, 0.717) is 12.2 Å². The number of urea groups is 1. The van der Waals surface area contributed by atoms with Crippen LogP contribution in [-0.4, -0.2) is 53.0 Å². The summed E-state index contributed by atoms with van der Waals surface area (Å²) >= 11 is 0. The van der Waals surface area contributed by atoms with Gasteiger partial charge in [0, 0.05) is 26.1 Å². The van der Waals surface area contributed by atoms with E-state index in [-0.39, 0.29) is 19.2 Å². The van der Waals surface area contributed by atoms with Gasteiger partial charge in [0.2, 0.25) is 0 Å². The van der Waals surface area contributed by atoms with Gasteiger partial charge >= 0.3 is 12.0 Å². The number of hydrogen-bond acceptors (Lipinski definition) is 5. The number of aromatic nitrogens is 1. The fourth-order valence-electron chi connectivity index (χ4n) is 2.19. The minimum absolute atomic E-state index is 0.167. The van der Waals surface area contributed by atoms with E-state index in [1.54, 1.807) is 13.0 Å². The van der Waals surface area contributed by atoms with Gasteiger partial charge in [-0.15, -0.1) is 0 Å². The lowest BCUT2D eigenvalue weighted by Crippen LogP contribution is -2.45. The molecule has 1 aromatic rings. The molecule has 2 amide bonds. The first kappa shape index (κ1) is 14.3. The molecular weight excluding hydrogens is 266 g/mol. The average Bonchev–Trinajstić information content (AvgIpc) is 3.02. The van der Waals surface area contributed by atoms with Crippen LogP contribution in [0.5, 0.6) is 0 Å². The summed E-state index contributed by atoms with van der Waals surface area (Å²) in [6.07, 6.45) is 0.0371. The molecule has 20 heavy (non-hydrogen) atoms. The Hall–Kier alpha value is -2.09. The summed E-state index contributed by atoms with van der Waals surface area (Å²) in [6.45, 7) is 2.20. The molecule has 0 aromatic carbocycles. The van der Waals surface area contributed by atoms with Crippen molar-refractivity contribution < 1.29 is 24.0 Å². The molecule has 0 saturated carbocycles. The highest BCUT2D eigenvalue weighted by Crippen LogP contribution is 2.20. The number of nitrogens with zero attached hydrogens (tertiary/aromatic N) is 2. The molecule has 1 aliphatic rings. The first-order valence-corrected chi connectivity index (χ1v) is 6.23. The Labute approximate surface area is 115 Å². The molecule has 0 bridgehead atoms. The molecule has 1 aromatic heterocycles. The van der Waals surface area contributed by atoms with E-state index in [1.807, 2.05) is 0 Å². The lowest BCUT2D eigenvalue weighted by Gasteiger charge is -2.21. The maximum Gasteiger partial charge on any atom is 0.326 e. The van der Waals surface area contributed by atoms with Crippen LogP contribution >= 0.6 is 0 Å². The van der Waals surface area contributed by atoms with Gasteiger partial charge in [0.1, 0.15) is 6.04 Å². The van der Waals surface area contributed by atoms with Crippen molar-refractivity contribution >= 4 is 12.0 Å². The molecule has 2 rings (SSSR count). The molecule has 0 aliphatic carbocycles. The van der Waals surface area contributed by atoms with Crippen molar-refractivity contribution in [1.82, 2.24) is 15.4 Å². The van der Waals surface area contributed by atoms with E-state index < -0.39 is 18.0 Å². The zero-order valence-corrected chi connectivity index (χ0v) is 11.3. The smallest absolute Gasteiger partial charge is 0.326 e. The number of carboxylic acids is 1. The first-order valence-electron chi connectivity index (χ1n) is 6.23. The van der Waals surface area contributed by atoms with Crippen LogP contribution in [0.15, 0.2) is 10.6 Å². The normalized spacial score (nSPS) is 22.0. The van der Waals surface area contributed by atoms with Crippen molar-refractivity contribution in [3.8, 4) is 0 Å². The molecule has 1 aliphatic heterocycles. The van der Waals surface area contributed by atoms with E-state index in [0.717, 1.165) is 5.69 Å². The Morgan fingerprint density at radius 2 is 2.40 bits per heavy atom. The second-order valence-corrected chi connectivity index (χ2v) is 4.69. The average molecular weight is 283 g/mol. The number of rotatable bonds is 4. The quantitative estimate of drug-likeness (QED) is 0.827. The lowest BCUT2D eigenvalue weighted by atomic mass is 10.2. The second-order valence-electron chi connectivity index (χ2n) is 4.69. The van der Waals surface area contributed by atoms with Crippen LogP contribution in [-0.2, 0) is 16.1 Å². The van der Waals surface area contributed by atoms with Gasteiger partial charge in [-0.3, -0.25) is 0 Å². The number of aryl methyl sites for hydroxylation is 1. The summed E-state index contributed by atoms with van der Waals surface area (Å²) in [5, 5.41) is 15.5. The van der Waals surface area contributed by atoms with Crippen LogP contribution in [0.25, 0.3) is 0 Å². The van der Waals surface area contributed by atoms with Crippen LogP contribution in [0.2, 0.25) is 0 Å². The third-order valence-electron chi connectivity index (χ3n) is 3.23. The number of nitrogens with one attached hydrogen (secondary N) is 1. The monoisotopic (exact) mass is 283 g/mol. The van der Waals surface area contributed by atoms with Gasteiger partial charge in [-0.2, -0.15) is 0 Å². The van der Waals surface area contributed by atoms with Gasteiger partial charge in [0.05, 0.1) is 18.3 Å². The van der Waals surface area contributed by atoms with E-state index >= 15 is 0 Å². The Morgan fingerprint density at radius 1 is 1.65 bits per heavy atom. The van der Waals surface area contributed by atoms with Crippen molar-refractivity contribution in [3.05, 3.63) is 17.5 Å². The van der Waals surface area contributed by atoms with Crippen molar-refractivity contribution in [2.45, 2.75) is 32.0 Å². The van der Waals surface area contributed by atoms with Crippen LogP contribution in [0, 0.1) is 6.92 Å². The van der Waals surface area contributed by atoms with Crippen LogP contribution in [0.3, 0.4) is 0 Å². The van der Waals surface area contributed by atoms with Gasteiger partial charge in [0.15, 0.2) is 5.76 Å². The minimum atomic E-state index is -1.03. The lowest BCUT2D eigenvalue weighted by molar-refractivity contribution is -0.141. The number of ether oxygens (including phenoxy) is 1. The Kier molecular flexibility index (Phi) is 4.23. The van der Waals surface area contributed by atoms with Crippen LogP contribution in [0.4, 0.5) is 4.79 Å². The molecule has 2 N–H and O–H groups in total. The van der Waals surface area contributed by atoms with Crippen molar-refractivity contribution in [2.75, 3.05) is 13.7 Å². The highest BCUT2D eigenvalue weighted by molar-refractivity contribution is 5.83. The number of carbonyl (C=O) groups is 2. The molecule has 8 heteroatoms. The summed E-state index contributed by atoms with van der Waals surface area (Å²) < 4.78 is 10.1. The number of amides is 2. The summed E-state index contributed by atoms with van der Waals surface area (Å²) in [5.41, 5.74) is 0.721. The van der Waals surface area contributed by atoms with Crippen LogP contribution < -0.4 is 5.32 Å². The molecule has 8 nitrogen and oxygen atoms in total. The molecule has 1 fully saturated rings. The highest BCUT2D eigenvalue weighted by Gasteiger charge is 2.39. The van der Waals surface area contributed by atoms with Crippen molar-refractivity contribution in [2.24, 2.45) is 0 Å². The fourth-order valence-corrected chi connectivity index (χ4v) is 2.19. The third kappa shape index (κ3) is 3.08. The molecule has 1 saturated heterocycles. The van der Waals surface area contributed by atoms with E-state index in [2.05, 4.69) is 10.5 Å². The summed E-state index contributed by atoms with van der Waals surface area (Å²) in [4.78, 5) is 24.4. The second kappa shape index (κ2) is 5.91. The fraction of sp³-hybridized carbons (Fsp3) is 0.583. The van der Waals surface area contributed by atoms with Crippen LogP contribution in [0.1, 0.15) is 17.9 Å². The molecule has 2 unspecified atom stereocenters. The third-order valence-corrected chi connectivity index (χ3v) is 3.23. The molecule has 2 heterocycles. The molecule has 0 spiro atoms. The maximum absolute atomic E-state index is 12.0. The summed E-state index contributed by atoms with van der Waals surface area (Å²) in [6, 6.07) is 0.388. The number of methoxy groups -OCH3 is 1. The highest BCUT2D eigenvalue weighted by atomic mass is 16.5. The molecule has 2 atom stereocenters. The standard InChI is InChI=1S/C12H17N3O5/c1-7-3-8(20-14-7)5-13-12(18)15-6-9(19-2)4-10(15)11(16)17/h3,9-10H,4-6H2,1-2H3,(H,13,18)(H,16,17). The number of carboxylic acid groups (broad SMARTS) is 1. The zero-order valence-electron chi connectivity index (χ0n) is 11.3.